The first-order valence-electron chi connectivity index (χ1n) is 5.26. The zero-order chi connectivity index (χ0) is 11.8. The van der Waals surface area contributed by atoms with Crippen LogP contribution in [0, 0.1) is 11.8 Å². The molecule has 1 atom stereocenters. The Bertz CT molecular complexity index is 381. The first-order chi connectivity index (χ1) is 7.74. The van der Waals surface area contributed by atoms with Gasteiger partial charge in [0, 0.05) is 27.6 Å². The molecule has 0 amide bonds. The molecule has 1 aromatic carbocycles. The number of benzene rings is 1. The highest BCUT2D eigenvalue weighted by Crippen LogP contribution is 2.27. The van der Waals surface area contributed by atoms with Gasteiger partial charge in [-0.2, -0.15) is 0 Å². The molecule has 16 heavy (non-hydrogen) atoms. The van der Waals surface area contributed by atoms with Crippen LogP contribution in [0.2, 0.25) is 0 Å². The minimum absolute atomic E-state index is 0.220. The average Bonchev–Trinajstić information content (AvgIpc) is 2.28. The van der Waals surface area contributed by atoms with E-state index in [1.807, 2.05) is 19.1 Å². The van der Waals surface area contributed by atoms with Crippen molar-refractivity contribution in [1.82, 2.24) is 0 Å². The van der Waals surface area contributed by atoms with Crippen LogP contribution in [0.4, 0.5) is 0 Å². The Morgan fingerprint density at radius 1 is 1.44 bits per heavy atom. The molecule has 86 valence electrons. The zero-order valence-corrected chi connectivity index (χ0v) is 11.8. The van der Waals surface area contributed by atoms with Crippen LogP contribution in [-0.4, -0.2) is 11.8 Å². The standard InChI is InChI=1S/C13H16BrNS/c1-2-3-4-7-11(15)10-16-13-9-6-5-8-12(13)14/h5-6,8-9,11H,4,7,10,15H2,1H3. The zero-order valence-electron chi connectivity index (χ0n) is 9.37. The number of nitrogens with two attached hydrogens (primary N) is 1. The fourth-order valence-corrected chi connectivity index (χ4v) is 2.79. The lowest BCUT2D eigenvalue weighted by atomic mass is 10.2. The van der Waals surface area contributed by atoms with Crippen molar-refractivity contribution in [3.63, 3.8) is 0 Å². The van der Waals surface area contributed by atoms with Crippen LogP contribution in [0.5, 0.6) is 0 Å². The average molecular weight is 298 g/mol. The summed E-state index contributed by atoms with van der Waals surface area (Å²) in [4.78, 5) is 1.25. The van der Waals surface area contributed by atoms with E-state index in [1.165, 1.54) is 4.90 Å². The second-order valence-corrected chi connectivity index (χ2v) is 5.38. The molecule has 1 aromatic rings. The number of hydrogen-bond donors (Lipinski definition) is 1. The Hall–Kier alpha value is -0.430. The molecule has 0 radical (unpaired) electrons. The predicted molar refractivity (Wildman–Crippen MR) is 75.5 cm³/mol. The second kappa shape index (κ2) is 7.78. The molecule has 0 saturated carbocycles. The van der Waals surface area contributed by atoms with Crippen LogP contribution >= 0.6 is 27.7 Å². The molecule has 0 bridgehead atoms. The molecule has 1 unspecified atom stereocenters. The van der Waals surface area contributed by atoms with Crippen molar-refractivity contribution in [2.75, 3.05) is 5.75 Å². The molecular weight excluding hydrogens is 282 g/mol. The number of halogens is 1. The molecule has 0 aromatic heterocycles. The second-order valence-electron chi connectivity index (χ2n) is 3.47. The molecule has 0 spiro atoms. The molecule has 2 N–H and O–H groups in total. The highest BCUT2D eigenvalue weighted by atomic mass is 79.9. The van der Waals surface area contributed by atoms with Crippen molar-refractivity contribution in [2.45, 2.75) is 30.7 Å². The summed E-state index contributed by atoms with van der Waals surface area (Å²) in [6.45, 7) is 1.86. The molecule has 1 rings (SSSR count). The molecule has 0 saturated heterocycles. The van der Waals surface area contributed by atoms with Gasteiger partial charge in [-0.25, -0.2) is 0 Å². The minimum Gasteiger partial charge on any atom is -0.327 e. The van der Waals surface area contributed by atoms with E-state index >= 15 is 0 Å². The third kappa shape index (κ3) is 5.07. The third-order valence-corrected chi connectivity index (χ3v) is 4.32. The molecule has 0 aliphatic carbocycles. The van der Waals surface area contributed by atoms with Gasteiger partial charge in [-0.15, -0.1) is 23.6 Å². The van der Waals surface area contributed by atoms with Crippen LogP contribution in [0.15, 0.2) is 33.6 Å². The van der Waals surface area contributed by atoms with Crippen LogP contribution in [0.25, 0.3) is 0 Å². The molecule has 0 aliphatic rings. The van der Waals surface area contributed by atoms with Gasteiger partial charge in [-0.05, 0) is 41.4 Å². The predicted octanol–water partition coefficient (Wildman–Crippen LogP) is 3.67. The number of rotatable bonds is 5. The van der Waals surface area contributed by atoms with Crippen LogP contribution in [0.1, 0.15) is 19.8 Å². The SMILES string of the molecule is CC#CCCC(N)CSc1ccccc1Br. The molecule has 0 heterocycles. The number of hydrogen-bond acceptors (Lipinski definition) is 2. The Balaban J connectivity index is 2.33. The van der Waals surface area contributed by atoms with E-state index < -0.39 is 0 Å². The van der Waals surface area contributed by atoms with Crippen molar-refractivity contribution < 1.29 is 0 Å². The molecule has 1 nitrogen and oxygen atoms in total. The maximum absolute atomic E-state index is 6.01. The van der Waals surface area contributed by atoms with E-state index in [1.54, 1.807) is 11.8 Å². The summed E-state index contributed by atoms with van der Waals surface area (Å²) in [7, 11) is 0. The summed E-state index contributed by atoms with van der Waals surface area (Å²) in [5.41, 5.74) is 6.01. The minimum atomic E-state index is 0.220. The maximum atomic E-state index is 6.01. The maximum Gasteiger partial charge on any atom is 0.0311 e. The lowest BCUT2D eigenvalue weighted by Gasteiger charge is -2.10. The quantitative estimate of drug-likeness (QED) is 0.663. The highest BCUT2D eigenvalue weighted by molar-refractivity contribution is 9.10. The van der Waals surface area contributed by atoms with Crippen molar-refractivity contribution in [1.29, 1.82) is 0 Å². The molecular formula is C13H16BrNS. The van der Waals surface area contributed by atoms with Gasteiger partial charge < -0.3 is 5.73 Å². The van der Waals surface area contributed by atoms with Crippen LogP contribution < -0.4 is 5.73 Å². The van der Waals surface area contributed by atoms with Gasteiger partial charge in [0.2, 0.25) is 0 Å². The van der Waals surface area contributed by atoms with Crippen LogP contribution in [0.3, 0.4) is 0 Å². The van der Waals surface area contributed by atoms with Gasteiger partial charge in [-0.1, -0.05) is 12.1 Å². The third-order valence-electron chi connectivity index (χ3n) is 2.11. The lowest BCUT2D eigenvalue weighted by Crippen LogP contribution is -2.22. The molecule has 0 fully saturated rings. The Kier molecular flexibility index (Phi) is 6.63. The van der Waals surface area contributed by atoms with Crippen molar-refractivity contribution >= 4 is 27.7 Å². The number of thioether (sulfide) groups is 1. The van der Waals surface area contributed by atoms with Crippen molar-refractivity contribution in [3.8, 4) is 11.8 Å². The summed E-state index contributed by atoms with van der Waals surface area (Å²) in [5, 5.41) is 0. The van der Waals surface area contributed by atoms with E-state index in [2.05, 4.69) is 39.9 Å². The Morgan fingerprint density at radius 2 is 2.19 bits per heavy atom. The monoisotopic (exact) mass is 297 g/mol. The van der Waals surface area contributed by atoms with Gasteiger partial charge in [0.15, 0.2) is 0 Å². The summed E-state index contributed by atoms with van der Waals surface area (Å²) in [6, 6.07) is 8.44. The van der Waals surface area contributed by atoms with Gasteiger partial charge >= 0.3 is 0 Å². The first-order valence-corrected chi connectivity index (χ1v) is 7.04. The van der Waals surface area contributed by atoms with Crippen LogP contribution in [-0.2, 0) is 0 Å². The first kappa shape index (κ1) is 13.6. The summed E-state index contributed by atoms with van der Waals surface area (Å²) in [6.07, 6.45) is 1.87. The Morgan fingerprint density at radius 3 is 2.88 bits per heavy atom. The summed E-state index contributed by atoms with van der Waals surface area (Å²) < 4.78 is 1.14. The van der Waals surface area contributed by atoms with Crippen molar-refractivity contribution in [3.05, 3.63) is 28.7 Å². The summed E-state index contributed by atoms with van der Waals surface area (Å²) in [5.74, 6) is 6.86. The van der Waals surface area contributed by atoms with E-state index in [0.29, 0.717) is 0 Å². The summed E-state index contributed by atoms with van der Waals surface area (Å²) >= 11 is 5.32. The van der Waals surface area contributed by atoms with Gasteiger partial charge in [-0.3, -0.25) is 0 Å². The van der Waals surface area contributed by atoms with Gasteiger partial charge in [0.05, 0.1) is 0 Å². The highest BCUT2D eigenvalue weighted by Gasteiger charge is 2.04. The Labute approximate surface area is 110 Å². The molecule has 0 aliphatic heterocycles. The smallest absolute Gasteiger partial charge is 0.0311 e. The fourth-order valence-electron chi connectivity index (χ4n) is 1.22. The largest absolute Gasteiger partial charge is 0.327 e. The van der Waals surface area contributed by atoms with E-state index in [0.717, 1.165) is 23.1 Å². The molecule has 3 heteroatoms. The normalized spacial score (nSPS) is 11.7. The fraction of sp³-hybridized carbons (Fsp3) is 0.385. The topological polar surface area (TPSA) is 26.0 Å². The van der Waals surface area contributed by atoms with E-state index in [9.17, 15) is 0 Å². The van der Waals surface area contributed by atoms with Gasteiger partial charge in [0.25, 0.3) is 0 Å². The van der Waals surface area contributed by atoms with E-state index in [-0.39, 0.29) is 6.04 Å². The lowest BCUT2D eigenvalue weighted by molar-refractivity contribution is 0.692. The van der Waals surface area contributed by atoms with Crippen molar-refractivity contribution in [2.24, 2.45) is 5.73 Å². The van der Waals surface area contributed by atoms with Gasteiger partial charge in [0.1, 0.15) is 0 Å². The van der Waals surface area contributed by atoms with E-state index in [4.69, 9.17) is 5.73 Å².